The van der Waals surface area contributed by atoms with E-state index in [1.807, 2.05) is 19.9 Å². The van der Waals surface area contributed by atoms with Gasteiger partial charge in [0, 0.05) is 19.2 Å². The summed E-state index contributed by atoms with van der Waals surface area (Å²) in [5.41, 5.74) is 4.16. The van der Waals surface area contributed by atoms with Gasteiger partial charge in [0.15, 0.2) is 0 Å². The van der Waals surface area contributed by atoms with Crippen LogP contribution in [0, 0.1) is 0 Å². The van der Waals surface area contributed by atoms with Gasteiger partial charge in [-0.3, -0.25) is 9.79 Å². The monoisotopic (exact) mass is 381 g/mol. The van der Waals surface area contributed by atoms with Gasteiger partial charge in [0.25, 0.3) is 5.91 Å². The number of amides is 1. The first kappa shape index (κ1) is 19.5. The number of carbonyl (C=O) groups is 2. The van der Waals surface area contributed by atoms with Crippen molar-refractivity contribution < 1.29 is 14.3 Å². The first-order chi connectivity index (χ1) is 13.5. The van der Waals surface area contributed by atoms with Gasteiger partial charge in [0.2, 0.25) is 0 Å². The third-order valence-corrected chi connectivity index (χ3v) is 4.78. The van der Waals surface area contributed by atoms with Crippen molar-refractivity contribution in [3.8, 4) is 0 Å². The van der Waals surface area contributed by atoms with Crippen LogP contribution in [0.5, 0.6) is 0 Å². The summed E-state index contributed by atoms with van der Waals surface area (Å²) in [5, 5.41) is 6.13. The number of carbonyl (C=O) groups excluding carboxylic acids is 2. The van der Waals surface area contributed by atoms with E-state index in [4.69, 9.17) is 4.74 Å². The first-order valence-electron chi connectivity index (χ1n) is 9.07. The van der Waals surface area contributed by atoms with Crippen molar-refractivity contribution in [2.24, 2.45) is 4.99 Å². The summed E-state index contributed by atoms with van der Waals surface area (Å²) in [5.74, 6) is 0.00563. The second-order valence-electron chi connectivity index (χ2n) is 6.43. The van der Waals surface area contributed by atoms with E-state index in [0.717, 1.165) is 23.1 Å². The molecule has 0 radical (unpaired) electrons. The van der Waals surface area contributed by atoms with E-state index >= 15 is 0 Å². The van der Waals surface area contributed by atoms with E-state index in [2.05, 4.69) is 25.6 Å². The van der Waals surface area contributed by atoms with Gasteiger partial charge in [-0.05, 0) is 36.6 Å². The Morgan fingerprint density at radius 1 is 1.29 bits per heavy atom. The Bertz CT molecular complexity index is 955. The van der Waals surface area contributed by atoms with Crippen molar-refractivity contribution in [3.05, 3.63) is 58.2 Å². The largest absolute Gasteiger partial charge is 0.465 e. The molecule has 3 rings (SSSR count). The van der Waals surface area contributed by atoms with Crippen LogP contribution in [0.25, 0.3) is 0 Å². The van der Waals surface area contributed by atoms with Gasteiger partial charge in [-0.2, -0.15) is 0 Å². The molecule has 1 unspecified atom stereocenters. The summed E-state index contributed by atoms with van der Waals surface area (Å²) in [6, 6.07) is 5.24. The van der Waals surface area contributed by atoms with E-state index in [1.54, 1.807) is 19.2 Å². The minimum Gasteiger partial charge on any atom is -0.465 e. The quantitative estimate of drug-likeness (QED) is 0.765. The Morgan fingerprint density at radius 3 is 2.75 bits per heavy atom. The molecule has 0 bridgehead atoms. The average molecular weight is 381 g/mol. The highest BCUT2D eigenvalue weighted by Gasteiger charge is 2.30. The molecule has 1 aliphatic rings. The molecular weight excluding hydrogens is 358 g/mol. The topological polar surface area (TPSA) is 106 Å². The number of nitrogens with one attached hydrogen (secondary N) is 2. The lowest BCUT2D eigenvalue weighted by Crippen LogP contribution is -2.26. The highest BCUT2D eigenvalue weighted by molar-refractivity contribution is 6.05. The third-order valence-electron chi connectivity index (χ3n) is 4.78. The number of ether oxygens (including phenoxy) is 1. The number of amidine groups is 1. The molecule has 2 heterocycles. The molecule has 0 fully saturated rings. The number of rotatable bonds is 5. The molecule has 8 nitrogen and oxygen atoms in total. The molecule has 0 spiro atoms. The predicted molar refractivity (Wildman–Crippen MR) is 104 cm³/mol. The van der Waals surface area contributed by atoms with Crippen LogP contribution in [0.15, 0.2) is 29.5 Å². The molecule has 0 aliphatic carbocycles. The highest BCUT2D eigenvalue weighted by Crippen LogP contribution is 2.26. The highest BCUT2D eigenvalue weighted by atomic mass is 16.5. The zero-order valence-electron chi connectivity index (χ0n) is 16.4. The van der Waals surface area contributed by atoms with Crippen LogP contribution < -0.4 is 10.6 Å². The number of esters is 1. The van der Waals surface area contributed by atoms with Crippen molar-refractivity contribution in [3.63, 3.8) is 0 Å². The molecule has 8 heteroatoms. The van der Waals surface area contributed by atoms with Crippen molar-refractivity contribution in [2.45, 2.75) is 32.9 Å². The average Bonchev–Trinajstić information content (AvgIpc) is 3.07. The van der Waals surface area contributed by atoms with Crippen LogP contribution in [0.2, 0.25) is 0 Å². The van der Waals surface area contributed by atoms with Crippen LogP contribution >= 0.6 is 0 Å². The number of methoxy groups -OCH3 is 1. The van der Waals surface area contributed by atoms with Gasteiger partial charge >= 0.3 is 5.97 Å². The van der Waals surface area contributed by atoms with Gasteiger partial charge in [-0.15, -0.1) is 0 Å². The summed E-state index contributed by atoms with van der Waals surface area (Å²) in [6.07, 6.45) is 2.11. The fraction of sp³-hybridized carbons (Fsp3) is 0.350. The van der Waals surface area contributed by atoms with Crippen molar-refractivity contribution in [1.29, 1.82) is 0 Å². The lowest BCUT2D eigenvalue weighted by Gasteiger charge is -2.13. The van der Waals surface area contributed by atoms with E-state index in [1.165, 1.54) is 13.4 Å². The lowest BCUT2D eigenvalue weighted by atomic mass is 10.0. The zero-order chi connectivity index (χ0) is 20.3. The van der Waals surface area contributed by atoms with Gasteiger partial charge < -0.3 is 15.4 Å². The van der Waals surface area contributed by atoms with Crippen LogP contribution in [-0.4, -0.2) is 41.8 Å². The van der Waals surface area contributed by atoms with Gasteiger partial charge in [-0.1, -0.05) is 13.0 Å². The molecule has 2 N–H and O–H groups in total. The maximum atomic E-state index is 12.8. The summed E-state index contributed by atoms with van der Waals surface area (Å²) in [4.78, 5) is 37.1. The number of nitrogens with zero attached hydrogens (tertiary/aromatic N) is 3. The maximum absolute atomic E-state index is 12.8. The SMILES string of the molecule is CCc1cc(C(=O)OC)ccc1CNC(=O)c1ncnc2c1C(C)NC2=NC. The molecule has 1 aliphatic heterocycles. The fourth-order valence-electron chi connectivity index (χ4n) is 3.32. The zero-order valence-corrected chi connectivity index (χ0v) is 16.4. The van der Waals surface area contributed by atoms with E-state index < -0.39 is 0 Å². The molecule has 1 aromatic heterocycles. The van der Waals surface area contributed by atoms with E-state index in [-0.39, 0.29) is 17.9 Å². The molecule has 2 aromatic rings. The van der Waals surface area contributed by atoms with Crippen molar-refractivity contribution in [2.75, 3.05) is 14.2 Å². The van der Waals surface area contributed by atoms with Crippen molar-refractivity contribution in [1.82, 2.24) is 20.6 Å². The van der Waals surface area contributed by atoms with Crippen LogP contribution in [0.1, 0.15) is 63.1 Å². The summed E-state index contributed by atoms with van der Waals surface area (Å²) in [6.45, 7) is 4.27. The number of fused-ring (bicyclic) bond motifs is 1. The van der Waals surface area contributed by atoms with Gasteiger partial charge in [-0.25, -0.2) is 14.8 Å². The summed E-state index contributed by atoms with van der Waals surface area (Å²) in [7, 11) is 3.03. The number of aromatic nitrogens is 2. The number of hydrogen-bond donors (Lipinski definition) is 2. The Kier molecular flexibility index (Phi) is 5.67. The Morgan fingerprint density at radius 2 is 2.07 bits per heavy atom. The lowest BCUT2D eigenvalue weighted by molar-refractivity contribution is 0.0600. The minimum absolute atomic E-state index is 0.0961. The Labute approximate surface area is 163 Å². The standard InChI is InChI=1S/C20H23N5O3/c1-5-12-8-13(20(27)28-4)6-7-14(12)9-22-19(26)17-15-11(2)25-18(21-3)16(15)23-10-24-17/h6-8,10-11H,5,9H2,1-4H3,(H,21,25)(H,22,26). The molecule has 1 atom stereocenters. The van der Waals surface area contributed by atoms with Crippen molar-refractivity contribution >= 4 is 17.7 Å². The Hall–Kier alpha value is -3.29. The summed E-state index contributed by atoms with van der Waals surface area (Å²) >= 11 is 0. The second kappa shape index (κ2) is 8.16. The summed E-state index contributed by atoms with van der Waals surface area (Å²) < 4.78 is 4.76. The predicted octanol–water partition coefficient (Wildman–Crippen LogP) is 1.80. The number of benzene rings is 1. The molecule has 146 valence electrons. The van der Waals surface area contributed by atoms with Crippen LogP contribution in [0.4, 0.5) is 0 Å². The second-order valence-corrected chi connectivity index (χ2v) is 6.43. The molecule has 1 aromatic carbocycles. The normalized spacial score (nSPS) is 16.4. The van der Waals surface area contributed by atoms with Gasteiger partial charge in [0.05, 0.1) is 18.7 Å². The smallest absolute Gasteiger partial charge is 0.337 e. The van der Waals surface area contributed by atoms with Crippen LogP contribution in [0.3, 0.4) is 0 Å². The van der Waals surface area contributed by atoms with Gasteiger partial charge in [0.1, 0.15) is 23.6 Å². The number of aliphatic imine (C=N–C) groups is 1. The molecule has 1 amide bonds. The minimum atomic E-state index is -0.378. The molecular formula is C20H23N5O3. The maximum Gasteiger partial charge on any atom is 0.337 e. The third kappa shape index (κ3) is 3.58. The van der Waals surface area contributed by atoms with E-state index in [9.17, 15) is 9.59 Å². The van der Waals surface area contributed by atoms with Crippen LogP contribution in [-0.2, 0) is 17.7 Å². The number of hydrogen-bond acceptors (Lipinski definition) is 6. The first-order valence-corrected chi connectivity index (χ1v) is 9.07. The molecule has 28 heavy (non-hydrogen) atoms. The fourth-order valence-corrected chi connectivity index (χ4v) is 3.32. The Balaban J connectivity index is 1.81. The van der Waals surface area contributed by atoms with E-state index in [0.29, 0.717) is 29.3 Å². The number of aryl methyl sites for hydroxylation is 1. The molecule has 0 saturated carbocycles. The molecule has 0 saturated heterocycles.